The van der Waals surface area contributed by atoms with E-state index in [1.807, 2.05) is 35.9 Å². The van der Waals surface area contributed by atoms with Crippen molar-refractivity contribution in [3.05, 3.63) is 30.1 Å². The molecular formula is C15H20Cl2F2N4O. The summed E-state index contributed by atoms with van der Waals surface area (Å²) >= 11 is 0. The van der Waals surface area contributed by atoms with Gasteiger partial charge in [0, 0.05) is 20.5 Å². The third-order valence-corrected chi connectivity index (χ3v) is 4.04. The zero-order valence-corrected chi connectivity index (χ0v) is 15.0. The van der Waals surface area contributed by atoms with Crippen LogP contribution in [-0.2, 0) is 18.4 Å². The van der Waals surface area contributed by atoms with Crippen molar-refractivity contribution in [2.45, 2.75) is 24.9 Å². The molecule has 24 heavy (non-hydrogen) atoms. The van der Waals surface area contributed by atoms with Crippen LogP contribution in [0.3, 0.4) is 0 Å². The molecule has 1 saturated heterocycles. The topological polar surface area (TPSA) is 50.2 Å². The molecule has 1 fully saturated rings. The molecule has 0 saturated carbocycles. The molecule has 0 radical (unpaired) electrons. The fraction of sp³-hybridized carbons (Fsp3) is 0.467. The summed E-state index contributed by atoms with van der Waals surface area (Å²) in [7, 11) is 3.49. The number of alkyl halides is 2. The fourth-order valence-corrected chi connectivity index (χ4v) is 2.78. The number of halogens is 4. The smallest absolute Gasteiger partial charge is 0.262 e. The quantitative estimate of drug-likeness (QED) is 0.888. The third kappa shape index (κ3) is 3.96. The SMILES string of the molecule is CN(Cc1nc2ccccc2n1C)C(=O)C1CC(F)(F)CN1.Cl.Cl. The van der Waals surface area contributed by atoms with Crippen LogP contribution in [0.1, 0.15) is 12.2 Å². The molecule has 1 aromatic carbocycles. The third-order valence-electron chi connectivity index (χ3n) is 4.04. The van der Waals surface area contributed by atoms with Crippen molar-refractivity contribution in [2.75, 3.05) is 13.6 Å². The second kappa shape index (κ2) is 7.63. The zero-order valence-electron chi connectivity index (χ0n) is 13.3. The standard InChI is InChI=1S/C15H18F2N4O.2ClH/c1-20(14(22)11-7-15(16,17)9-18-11)8-13-19-10-5-3-4-6-12(10)21(13)2;;/h3-6,11,18H,7-9H2,1-2H3;2*1H. The van der Waals surface area contributed by atoms with Gasteiger partial charge in [-0.05, 0) is 12.1 Å². The van der Waals surface area contributed by atoms with Gasteiger partial charge in [-0.2, -0.15) is 0 Å². The number of nitrogens with zero attached hydrogens (tertiary/aromatic N) is 3. The van der Waals surface area contributed by atoms with Gasteiger partial charge < -0.3 is 9.47 Å². The maximum atomic E-state index is 13.2. The number of aryl methyl sites for hydroxylation is 1. The minimum absolute atomic E-state index is 0. The lowest BCUT2D eigenvalue weighted by atomic mass is 10.1. The molecule has 2 heterocycles. The Kier molecular flexibility index (Phi) is 6.55. The van der Waals surface area contributed by atoms with Gasteiger partial charge >= 0.3 is 0 Å². The molecule has 1 aliphatic heterocycles. The van der Waals surface area contributed by atoms with Gasteiger partial charge in [0.1, 0.15) is 5.82 Å². The summed E-state index contributed by atoms with van der Waals surface area (Å²) in [6, 6.07) is 6.85. The Morgan fingerprint density at radius 2 is 2.08 bits per heavy atom. The molecule has 2 aromatic rings. The van der Waals surface area contributed by atoms with Crippen LogP contribution >= 0.6 is 24.8 Å². The van der Waals surface area contributed by atoms with Gasteiger partial charge in [0.2, 0.25) is 5.91 Å². The average Bonchev–Trinajstić information content (AvgIpc) is 2.99. The van der Waals surface area contributed by atoms with Crippen molar-refractivity contribution in [1.82, 2.24) is 19.8 Å². The lowest BCUT2D eigenvalue weighted by Crippen LogP contribution is -2.41. The molecule has 5 nitrogen and oxygen atoms in total. The highest BCUT2D eigenvalue weighted by atomic mass is 35.5. The summed E-state index contributed by atoms with van der Waals surface area (Å²) in [6.07, 6.45) is -0.446. The van der Waals surface area contributed by atoms with E-state index in [-0.39, 0.29) is 37.3 Å². The second-order valence-corrected chi connectivity index (χ2v) is 5.76. The maximum absolute atomic E-state index is 13.2. The normalized spacial score (nSPS) is 18.8. The molecule has 0 aliphatic carbocycles. The Labute approximate surface area is 151 Å². The first-order chi connectivity index (χ1) is 10.4. The van der Waals surface area contributed by atoms with Crippen molar-refractivity contribution in [3.8, 4) is 0 Å². The number of likely N-dealkylation sites (N-methyl/N-ethyl adjacent to an activating group) is 1. The lowest BCUT2D eigenvalue weighted by Gasteiger charge is -2.20. The van der Waals surface area contributed by atoms with Crippen LogP contribution in [0.2, 0.25) is 0 Å². The molecule has 0 spiro atoms. The van der Waals surface area contributed by atoms with Crippen LogP contribution in [0.25, 0.3) is 11.0 Å². The number of carbonyl (C=O) groups excluding carboxylic acids is 1. The van der Waals surface area contributed by atoms with Gasteiger partial charge in [0.05, 0.1) is 30.2 Å². The van der Waals surface area contributed by atoms with E-state index in [0.29, 0.717) is 0 Å². The number of fused-ring (bicyclic) bond motifs is 1. The van der Waals surface area contributed by atoms with Gasteiger partial charge in [0.15, 0.2) is 0 Å². The van der Waals surface area contributed by atoms with Gasteiger partial charge in [-0.15, -0.1) is 24.8 Å². The van der Waals surface area contributed by atoms with Crippen LogP contribution in [-0.4, -0.2) is 45.9 Å². The van der Waals surface area contributed by atoms with Crippen LogP contribution in [0.5, 0.6) is 0 Å². The number of amides is 1. The molecule has 1 aromatic heterocycles. The predicted molar refractivity (Wildman–Crippen MR) is 93.0 cm³/mol. The Balaban J connectivity index is 0.00000144. The monoisotopic (exact) mass is 380 g/mol. The molecule has 1 N–H and O–H groups in total. The molecule has 1 aliphatic rings. The van der Waals surface area contributed by atoms with E-state index in [1.54, 1.807) is 7.05 Å². The van der Waals surface area contributed by atoms with Crippen molar-refractivity contribution in [2.24, 2.45) is 7.05 Å². The van der Waals surface area contributed by atoms with Crippen molar-refractivity contribution in [3.63, 3.8) is 0 Å². The number of imidazole rings is 1. The number of rotatable bonds is 3. The van der Waals surface area contributed by atoms with Gasteiger partial charge in [0.25, 0.3) is 5.92 Å². The molecule has 1 unspecified atom stereocenters. The van der Waals surface area contributed by atoms with E-state index in [9.17, 15) is 13.6 Å². The number of aromatic nitrogens is 2. The second-order valence-electron chi connectivity index (χ2n) is 5.76. The Bertz CT molecular complexity index is 723. The first-order valence-corrected chi connectivity index (χ1v) is 7.14. The number of benzene rings is 1. The minimum atomic E-state index is -2.81. The van der Waals surface area contributed by atoms with E-state index < -0.39 is 24.9 Å². The van der Waals surface area contributed by atoms with Crippen molar-refractivity contribution >= 4 is 41.8 Å². The van der Waals surface area contributed by atoms with E-state index >= 15 is 0 Å². The number of carbonyl (C=O) groups is 1. The average molecular weight is 381 g/mol. The molecule has 134 valence electrons. The van der Waals surface area contributed by atoms with Crippen LogP contribution in [0.15, 0.2) is 24.3 Å². The highest BCUT2D eigenvalue weighted by molar-refractivity contribution is 5.85. The van der Waals surface area contributed by atoms with Crippen LogP contribution in [0.4, 0.5) is 8.78 Å². The van der Waals surface area contributed by atoms with E-state index in [2.05, 4.69) is 10.3 Å². The number of nitrogens with one attached hydrogen (secondary N) is 1. The van der Waals surface area contributed by atoms with Crippen molar-refractivity contribution < 1.29 is 13.6 Å². The predicted octanol–water partition coefficient (Wildman–Crippen LogP) is 2.37. The van der Waals surface area contributed by atoms with Crippen LogP contribution < -0.4 is 5.32 Å². The van der Waals surface area contributed by atoms with E-state index in [0.717, 1.165) is 16.9 Å². The first-order valence-electron chi connectivity index (χ1n) is 7.14. The largest absolute Gasteiger partial charge is 0.337 e. The van der Waals surface area contributed by atoms with Gasteiger partial charge in [-0.3, -0.25) is 10.1 Å². The summed E-state index contributed by atoms with van der Waals surface area (Å²) in [5.74, 6) is -2.41. The number of hydrogen-bond acceptors (Lipinski definition) is 3. The Morgan fingerprint density at radius 3 is 2.67 bits per heavy atom. The summed E-state index contributed by atoms with van der Waals surface area (Å²) in [4.78, 5) is 18.2. The fourth-order valence-electron chi connectivity index (χ4n) is 2.78. The molecule has 1 atom stereocenters. The summed E-state index contributed by atoms with van der Waals surface area (Å²) in [5, 5.41) is 2.59. The molecular weight excluding hydrogens is 361 g/mol. The van der Waals surface area contributed by atoms with E-state index in [4.69, 9.17) is 0 Å². The Morgan fingerprint density at radius 1 is 1.42 bits per heavy atom. The molecule has 1 amide bonds. The van der Waals surface area contributed by atoms with Crippen LogP contribution in [0, 0.1) is 0 Å². The van der Waals surface area contributed by atoms with E-state index in [1.165, 1.54) is 4.90 Å². The van der Waals surface area contributed by atoms with Gasteiger partial charge in [-0.1, -0.05) is 12.1 Å². The molecule has 9 heteroatoms. The summed E-state index contributed by atoms with van der Waals surface area (Å²) in [6.45, 7) is -0.155. The zero-order chi connectivity index (χ0) is 15.9. The molecule has 0 bridgehead atoms. The van der Waals surface area contributed by atoms with Crippen molar-refractivity contribution in [1.29, 1.82) is 0 Å². The highest BCUT2D eigenvalue weighted by Crippen LogP contribution is 2.26. The number of hydrogen-bond donors (Lipinski definition) is 1. The maximum Gasteiger partial charge on any atom is 0.262 e. The minimum Gasteiger partial charge on any atom is -0.337 e. The Hall–Kier alpha value is -1.44. The molecule has 3 rings (SSSR count). The number of para-hydroxylation sites is 2. The summed E-state index contributed by atoms with van der Waals surface area (Å²) < 4.78 is 28.3. The first kappa shape index (κ1) is 20.6. The highest BCUT2D eigenvalue weighted by Gasteiger charge is 2.43. The lowest BCUT2D eigenvalue weighted by molar-refractivity contribution is -0.133. The van der Waals surface area contributed by atoms with Gasteiger partial charge in [-0.25, -0.2) is 13.8 Å². The summed E-state index contributed by atoms with van der Waals surface area (Å²) in [5.41, 5.74) is 1.83.